The van der Waals surface area contributed by atoms with Crippen LogP contribution in [0, 0.1) is 11.2 Å². The topological polar surface area (TPSA) is 57.6 Å². The third kappa shape index (κ3) is 2.60. The Balaban J connectivity index is 1.87. The quantitative estimate of drug-likeness (QED) is 0.910. The fourth-order valence-corrected chi connectivity index (χ4v) is 5.25. The monoisotopic (exact) mass is 313 g/mol. The van der Waals surface area contributed by atoms with Crippen LogP contribution in [0.3, 0.4) is 0 Å². The maximum absolute atomic E-state index is 13.0. The maximum atomic E-state index is 13.0. The van der Waals surface area contributed by atoms with Gasteiger partial charge in [-0.15, -0.1) is 0 Å². The van der Waals surface area contributed by atoms with E-state index in [-0.39, 0.29) is 10.3 Å². The lowest BCUT2D eigenvalue weighted by molar-refractivity contribution is 0.0127. The standard InChI is InChI=1S/C15H20FNO3S/c16-12-4-6-13(7-5-12)21(19,20)17-10-2-9-15(11-17)8-1-3-14(15)18/h4-7,14,18H,1-3,8-11H2/t14-,15+/m1/s1. The lowest BCUT2D eigenvalue weighted by Gasteiger charge is -2.41. The van der Waals surface area contributed by atoms with Crippen LogP contribution >= 0.6 is 0 Å². The van der Waals surface area contributed by atoms with E-state index in [0.717, 1.165) is 44.2 Å². The van der Waals surface area contributed by atoms with Crippen molar-refractivity contribution >= 4 is 10.0 Å². The molecule has 2 atom stereocenters. The summed E-state index contributed by atoms with van der Waals surface area (Å²) < 4.78 is 39.8. The van der Waals surface area contributed by atoms with Gasteiger partial charge in [0.2, 0.25) is 10.0 Å². The molecule has 3 rings (SSSR count). The summed E-state index contributed by atoms with van der Waals surface area (Å²) in [4.78, 5) is 0.119. The first-order valence-electron chi connectivity index (χ1n) is 7.38. The van der Waals surface area contributed by atoms with Gasteiger partial charge >= 0.3 is 0 Å². The van der Waals surface area contributed by atoms with Crippen molar-refractivity contribution < 1.29 is 17.9 Å². The molecule has 2 fully saturated rings. The van der Waals surface area contributed by atoms with Gasteiger partial charge in [-0.1, -0.05) is 6.42 Å². The summed E-state index contributed by atoms with van der Waals surface area (Å²) in [6.07, 6.45) is 3.81. The molecule has 0 amide bonds. The Hall–Kier alpha value is -0.980. The molecule has 0 aromatic heterocycles. The summed E-state index contributed by atoms with van der Waals surface area (Å²) in [5.41, 5.74) is -0.286. The summed E-state index contributed by atoms with van der Waals surface area (Å²) in [5.74, 6) is -0.449. The number of nitrogens with zero attached hydrogens (tertiary/aromatic N) is 1. The second-order valence-corrected chi connectivity index (χ2v) is 8.10. The summed E-state index contributed by atoms with van der Waals surface area (Å²) in [7, 11) is -3.61. The van der Waals surface area contributed by atoms with Crippen molar-refractivity contribution in [2.45, 2.75) is 43.1 Å². The van der Waals surface area contributed by atoms with Gasteiger partial charge < -0.3 is 5.11 Å². The van der Waals surface area contributed by atoms with E-state index < -0.39 is 21.9 Å². The highest BCUT2D eigenvalue weighted by Crippen LogP contribution is 2.45. The van der Waals surface area contributed by atoms with Gasteiger partial charge in [-0.2, -0.15) is 4.31 Å². The van der Waals surface area contributed by atoms with Gasteiger partial charge in [-0.05, 0) is 49.9 Å². The first-order valence-corrected chi connectivity index (χ1v) is 8.82. The van der Waals surface area contributed by atoms with Crippen molar-refractivity contribution in [2.75, 3.05) is 13.1 Å². The number of rotatable bonds is 2. The SMILES string of the molecule is O=S(=O)(c1ccc(F)cc1)N1CCC[C@@]2(CCC[C@H]2O)C1. The summed E-state index contributed by atoms with van der Waals surface area (Å²) in [5, 5.41) is 10.2. The third-order valence-electron chi connectivity index (χ3n) is 4.88. The Kier molecular flexibility index (Phi) is 3.80. The maximum Gasteiger partial charge on any atom is 0.243 e. The molecule has 0 bridgehead atoms. The van der Waals surface area contributed by atoms with E-state index in [4.69, 9.17) is 0 Å². The smallest absolute Gasteiger partial charge is 0.243 e. The van der Waals surface area contributed by atoms with E-state index in [1.54, 1.807) is 0 Å². The molecule has 1 aromatic carbocycles. The molecule has 2 aliphatic rings. The Morgan fingerprint density at radius 1 is 1.19 bits per heavy atom. The zero-order chi connectivity index (χ0) is 15.1. The van der Waals surface area contributed by atoms with Crippen LogP contribution in [0.15, 0.2) is 29.2 Å². The number of aliphatic hydroxyl groups excluding tert-OH is 1. The first kappa shape index (κ1) is 14.9. The normalized spacial score (nSPS) is 30.9. The Morgan fingerprint density at radius 2 is 1.86 bits per heavy atom. The van der Waals surface area contributed by atoms with Gasteiger partial charge in [0.15, 0.2) is 0 Å². The molecule has 0 radical (unpaired) electrons. The van der Waals surface area contributed by atoms with Gasteiger partial charge in [0.05, 0.1) is 11.0 Å². The van der Waals surface area contributed by atoms with Crippen LogP contribution in [-0.4, -0.2) is 37.0 Å². The van der Waals surface area contributed by atoms with Crippen molar-refractivity contribution in [1.82, 2.24) is 4.31 Å². The Bertz CT molecular complexity index is 616. The molecular formula is C15H20FNO3S. The zero-order valence-corrected chi connectivity index (χ0v) is 12.7. The van der Waals surface area contributed by atoms with E-state index in [9.17, 15) is 17.9 Å². The van der Waals surface area contributed by atoms with Crippen molar-refractivity contribution in [3.63, 3.8) is 0 Å². The van der Waals surface area contributed by atoms with Crippen LogP contribution < -0.4 is 0 Å². The number of hydrogen-bond donors (Lipinski definition) is 1. The number of piperidine rings is 1. The summed E-state index contributed by atoms with van der Waals surface area (Å²) in [6, 6.07) is 4.93. The fourth-order valence-electron chi connectivity index (χ4n) is 3.67. The third-order valence-corrected chi connectivity index (χ3v) is 6.74. The van der Waals surface area contributed by atoms with Crippen LogP contribution in [0.2, 0.25) is 0 Å². The van der Waals surface area contributed by atoms with Crippen LogP contribution in [-0.2, 0) is 10.0 Å². The zero-order valence-electron chi connectivity index (χ0n) is 11.8. The highest BCUT2D eigenvalue weighted by molar-refractivity contribution is 7.89. The average Bonchev–Trinajstić information content (AvgIpc) is 2.80. The number of aliphatic hydroxyl groups is 1. The minimum absolute atomic E-state index is 0.119. The lowest BCUT2D eigenvalue weighted by Crippen LogP contribution is -2.49. The van der Waals surface area contributed by atoms with Crippen molar-refractivity contribution in [2.24, 2.45) is 5.41 Å². The molecule has 1 N–H and O–H groups in total. The molecule has 21 heavy (non-hydrogen) atoms. The second-order valence-electron chi connectivity index (χ2n) is 6.17. The van der Waals surface area contributed by atoms with E-state index in [0.29, 0.717) is 13.1 Å². The molecule has 1 saturated heterocycles. The molecule has 116 valence electrons. The van der Waals surface area contributed by atoms with Crippen molar-refractivity contribution in [1.29, 1.82) is 0 Å². The molecule has 4 nitrogen and oxygen atoms in total. The minimum atomic E-state index is -3.61. The number of hydrogen-bond acceptors (Lipinski definition) is 3. The molecular weight excluding hydrogens is 293 g/mol. The molecule has 1 aliphatic heterocycles. The summed E-state index contributed by atoms with van der Waals surface area (Å²) >= 11 is 0. The highest BCUT2D eigenvalue weighted by atomic mass is 32.2. The van der Waals surface area contributed by atoms with Gasteiger partial charge in [-0.25, -0.2) is 12.8 Å². The molecule has 1 aliphatic carbocycles. The summed E-state index contributed by atoms with van der Waals surface area (Å²) in [6.45, 7) is 0.835. The van der Waals surface area contributed by atoms with Gasteiger partial charge in [0, 0.05) is 18.5 Å². The molecule has 1 saturated carbocycles. The Labute approximate surface area is 124 Å². The number of benzene rings is 1. The molecule has 1 spiro atoms. The number of halogens is 1. The van der Waals surface area contributed by atoms with Crippen LogP contribution in [0.1, 0.15) is 32.1 Å². The lowest BCUT2D eigenvalue weighted by atomic mass is 9.77. The highest BCUT2D eigenvalue weighted by Gasteiger charge is 2.47. The predicted molar refractivity (Wildman–Crippen MR) is 76.7 cm³/mol. The van der Waals surface area contributed by atoms with Crippen molar-refractivity contribution in [3.8, 4) is 0 Å². The van der Waals surface area contributed by atoms with Gasteiger partial charge in [0.1, 0.15) is 5.82 Å². The van der Waals surface area contributed by atoms with E-state index in [2.05, 4.69) is 0 Å². The van der Waals surface area contributed by atoms with E-state index in [1.165, 1.54) is 16.4 Å². The second kappa shape index (κ2) is 5.34. The van der Waals surface area contributed by atoms with Gasteiger partial charge in [-0.3, -0.25) is 0 Å². The first-order chi connectivity index (χ1) is 9.94. The van der Waals surface area contributed by atoms with Crippen molar-refractivity contribution in [3.05, 3.63) is 30.1 Å². The predicted octanol–water partition coefficient (Wildman–Crippen LogP) is 2.14. The van der Waals surface area contributed by atoms with Crippen LogP contribution in [0.25, 0.3) is 0 Å². The van der Waals surface area contributed by atoms with E-state index in [1.807, 2.05) is 0 Å². The van der Waals surface area contributed by atoms with Gasteiger partial charge in [0.25, 0.3) is 0 Å². The minimum Gasteiger partial charge on any atom is -0.392 e. The fraction of sp³-hybridized carbons (Fsp3) is 0.600. The average molecular weight is 313 g/mol. The Morgan fingerprint density at radius 3 is 2.48 bits per heavy atom. The van der Waals surface area contributed by atoms with Crippen LogP contribution in [0.5, 0.6) is 0 Å². The number of sulfonamides is 1. The van der Waals surface area contributed by atoms with Crippen LogP contribution in [0.4, 0.5) is 4.39 Å². The molecule has 1 heterocycles. The largest absolute Gasteiger partial charge is 0.392 e. The molecule has 1 aromatic rings. The van der Waals surface area contributed by atoms with E-state index >= 15 is 0 Å². The molecule has 6 heteroatoms. The molecule has 0 unspecified atom stereocenters.